The fraction of sp³-hybridized carbons (Fsp3) is 0.130. The van der Waals surface area contributed by atoms with Crippen molar-refractivity contribution >= 4 is 22.3 Å². The molecule has 0 saturated carbocycles. The summed E-state index contributed by atoms with van der Waals surface area (Å²) < 4.78 is 39.0. The molecule has 4 rings (SSSR count). The van der Waals surface area contributed by atoms with Gasteiger partial charge in [0.05, 0.1) is 5.56 Å². The van der Waals surface area contributed by atoms with Crippen LogP contribution in [0.2, 0.25) is 0 Å². The van der Waals surface area contributed by atoms with Crippen molar-refractivity contribution in [2.75, 3.05) is 5.32 Å². The van der Waals surface area contributed by atoms with E-state index < -0.39 is 11.7 Å². The van der Waals surface area contributed by atoms with Gasteiger partial charge in [-0.2, -0.15) is 13.2 Å². The summed E-state index contributed by atoms with van der Waals surface area (Å²) in [6, 6.07) is 16.8. The van der Waals surface area contributed by atoms with Gasteiger partial charge in [-0.3, -0.25) is 4.98 Å². The number of anilines is 2. The number of rotatable bonds is 5. The van der Waals surface area contributed by atoms with Crippen molar-refractivity contribution in [1.29, 1.82) is 0 Å². The lowest BCUT2D eigenvalue weighted by atomic mass is 10.0. The minimum absolute atomic E-state index is 0.348. The van der Waals surface area contributed by atoms with Crippen LogP contribution in [0.1, 0.15) is 16.7 Å². The van der Waals surface area contributed by atoms with Gasteiger partial charge in [0, 0.05) is 29.7 Å². The number of fused-ring (bicyclic) bond motifs is 1. The smallest absolute Gasteiger partial charge is 0.340 e. The van der Waals surface area contributed by atoms with Crippen LogP contribution in [0, 0.1) is 0 Å². The molecule has 0 aliphatic heterocycles. The molecule has 3 nitrogen and oxygen atoms in total. The lowest BCUT2D eigenvalue weighted by molar-refractivity contribution is -0.137. The third kappa shape index (κ3) is 4.37. The Morgan fingerprint density at radius 3 is 2.41 bits per heavy atom. The molecule has 0 aliphatic carbocycles. The van der Waals surface area contributed by atoms with Gasteiger partial charge in [0.15, 0.2) is 0 Å². The Hall–Kier alpha value is -3.41. The zero-order valence-corrected chi connectivity index (χ0v) is 15.4. The molecule has 4 aromatic rings. The quantitative estimate of drug-likeness (QED) is 0.440. The number of nitrogens with one attached hydrogen (secondary N) is 1. The standard InChI is InChI=1S/C23H18F3N3/c24-23(25,26)18-6-3-7-19(13-18)29-22-21-9-2-1-8-20(21)17(15-28-22)11-10-16-5-4-12-27-14-16/h1-9,12-15H,10-11H2,(H,28,29). The molecular formula is C23H18F3N3. The molecule has 2 aromatic carbocycles. The number of hydrogen-bond acceptors (Lipinski definition) is 3. The van der Waals surface area contributed by atoms with Gasteiger partial charge in [0.1, 0.15) is 5.82 Å². The second kappa shape index (κ2) is 7.91. The van der Waals surface area contributed by atoms with Crippen LogP contribution in [0.5, 0.6) is 0 Å². The molecule has 0 aliphatic rings. The molecule has 146 valence electrons. The minimum atomic E-state index is -4.39. The van der Waals surface area contributed by atoms with Crippen LogP contribution in [-0.4, -0.2) is 9.97 Å². The number of pyridine rings is 2. The van der Waals surface area contributed by atoms with E-state index in [1.54, 1.807) is 18.5 Å². The first-order valence-electron chi connectivity index (χ1n) is 9.20. The fourth-order valence-electron chi connectivity index (χ4n) is 3.29. The van der Waals surface area contributed by atoms with Crippen LogP contribution in [0.25, 0.3) is 10.8 Å². The first kappa shape index (κ1) is 18.9. The second-order valence-corrected chi connectivity index (χ2v) is 6.74. The maximum atomic E-state index is 13.0. The van der Waals surface area contributed by atoms with Gasteiger partial charge >= 0.3 is 6.18 Å². The van der Waals surface area contributed by atoms with Crippen LogP contribution < -0.4 is 5.32 Å². The van der Waals surface area contributed by atoms with Gasteiger partial charge in [0.2, 0.25) is 0 Å². The lowest BCUT2D eigenvalue weighted by Crippen LogP contribution is -2.05. The molecule has 2 aromatic heterocycles. The summed E-state index contributed by atoms with van der Waals surface area (Å²) in [5.74, 6) is 0.532. The largest absolute Gasteiger partial charge is 0.416 e. The summed E-state index contributed by atoms with van der Waals surface area (Å²) >= 11 is 0. The Balaban J connectivity index is 1.63. The SMILES string of the molecule is FC(F)(F)c1cccc(Nc2ncc(CCc3cccnc3)c3ccccc23)c1. The molecule has 0 saturated heterocycles. The normalized spacial score (nSPS) is 11.6. The first-order valence-corrected chi connectivity index (χ1v) is 9.20. The molecule has 0 atom stereocenters. The van der Waals surface area contributed by atoms with Crippen molar-refractivity contribution in [2.24, 2.45) is 0 Å². The number of aryl methyl sites for hydroxylation is 2. The molecule has 0 amide bonds. The van der Waals surface area contributed by atoms with E-state index in [-0.39, 0.29) is 0 Å². The maximum Gasteiger partial charge on any atom is 0.416 e. The molecule has 6 heteroatoms. The van der Waals surface area contributed by atoms with Gasteiger partial charge < -0.3 is 5.32 Å². The predicted octanol–water partition coefficient (Wildman–Crippen LogP) is 6.18. The van der Waals surface area contributed by atoms with E-state index in [9.17, 15) is 13.2 Å². The van der Waals surface area contributed by atoms with Crippen molar-refractivity contribution in [1.82, 2.24) is 9.97 Å². The summed E-state index contributed by atoms with van der Waals surface area (Å²) in [5, 5.41) is 4.94. The van der Waals surface area contributed by atoms with E-state index in [0.717, 1.165) is 46.9 Å². The molecule has 0 spiro atoms. The highest BCUT2D eigenvalue weighted by Crippen LogP contribution is 2.32. The second-order valence-electron chi connectivity index (χ2n) is 6.74. The van der Waals surface area contributed by atoms with Gasteiger partial charge in [0.25, 0.3) is 0 Å². The van der Waals surface area contributed by atoms with Gasteiger partial charge in [-0.15, -0.1) is 0 Å². The maximum absolute atomic E-state index is 13.0. The molecule has 0 fully saturated rings. The Labute approximate surface area is 166 Å². The highest BCUT2D eigenvalue weighted by molar-refractivity contribution is 5.95. The Morgan fingerprint density at radius 2 is 1.66 bits per heavy atom. The molecule has 0 unspecified atom stereocenters. The minimum Gasteiger partial charge on any atom is -0.340 e. The Bertz CT molecular complexity index is 1120. The molecule has 29 heavy (non-hydrogen) atoms. The van der Waals surface area contributed by atoms with Crippen LogP contribution in [0.3, 0.4) is 0 Å². The van der Waals surface area contributed by atoms with Gasteiger partial charge in [-0.25, -0.2) is 4.98 Å². The van der Waals surface area contributed by atoms with E-state index in [4.69, 9.17) is 0 Å². The number of alkyl halides is 3. The van der Waals surface area contributed by atoms with Gasteiger partial charge in [-0.1, -0.05) is 36.4 Å². The van der Waals surface area contributed by atoms with Crippen LogP contribution in [0.15, 0.2) is 79.3 Å². The van der Waals surface area contributed by atoms with E-state index in [2.05, 4.69) is 15.3 Å². The predicted molar refractivity (Wildman–Crippen MR) is 108 cm³/mol. The topological polar surface area (TPSA) is 37.8 Å². The molecular weight excluding hydrogens is 375 g/mol. The van der Waals surface area contributed by atoms with Gasteiger partial charge in [-0.05, 0) is 53.6 Å². The summed E-state index contributed by atoms with van der Waals surface area (Å²) in [4.78, 5) is 8.64. The average molecular weight is 393 g/mol. The average Bonchev–Trinajstić information content (AvgIpc) is 2.73. The number of halogens is 3. The number of hydrogen-bond donors (Lipinski definition) is 1. The Morgan fingerprint density at radius 1 is 0.828 bits per heavy atom. The molecule has 2 heterocycles. The summed E-state index contributed by atoms with van der Waals surface area (Å²) in [5.41, 5.74) is 1.88. The van der Waals surface area contributed by atoms with Crippen molar-refractivity contribution in [3.8, 4) is 0 Å². The number of benzene rings is 2. The van der Waals surface area contributed by atoms with E-state index in [0.29, 0.717) is 11.5 Å². The van der Waals surface area contributed by atoms with Crippen LogP contribution in [-0.2, 0) is 19.0 Å². The zero-order valence-electron chi connectivity index (χ0n) is 15.4. The highest BCUT2D eigenvalue weighted by Gasteiger charge is 2.30. The zero-order chi connectivity index (χ0) is 20.3. The van der Waals surface area contributed by atoms with Crippen molar-refractivity contribution in [2.45, 2.75) is 19.0 Å². The third-order valence-electron chi connectivity index (χ3n) is 4.74. The van der Waals surface area contributed by atoms with E-state index in [1.807, 2.05) is 42.6 Å². The lowest BCUT2D eigenvalue weighted by Gasteiger charge is -2.14. The summed E-state index contributed by atoms with van der Waals surface area (Å²) in [7, 11) is 0. The number of aromatic nitrogens is 2. The first-order chi connectivity index (χ1) is 14.0. The van der Waals surface area contributed by atoms with Crippen molar-refractivity contribution in [3.63, 3.8) is 0 Å². The molecule has 1 N–H and O–H groups in total. The van der Waals surface area contributed by atoms with E-state index >= 15 is 0 Å². The van der Waals surface area contributed by atoms with Crippen LogP contribution in [0.4, 0.5) is 24.7 Å². The Kier molecular flexibility index (Phi) is 5.16. The molecule has 0 bridgehead atoms. The van der Waals surface area contributed by atoms with Crippen molar-refractivity contribution < 1.29 is 13.2 Å². The molecule has 0 radical (unpaired) electrons. The number of nitrogens with zero attached hydrogens (tertiary/aromatic N) is 2. The summed E-state index contributed by atoms with van der Waals surface area (Å²) in [6.45, 7) is 0. The highest BCUT2D eigenvalue weighted by atomic mass is 19.4. The van der Waals surface area contributed by atoms with Crippen LogP contribution >= 0.6 is 0 Å². The van der Waals surface area contributed by atoms with Crippen molar-refractivity contribution in [3.05, 3.63) is 95.9 Å². The third-order valence-corrected chi connectivity index (χ3v) is 4.74. The fourth-order valence-corrected chi connectivity index (χ4v) is 3.29. The monoisotopic (exact) mass is 393 g/mol. The summed E-state index contributed by atoms with van der Waals surface area (Å²) in [6.07, 6.45) is 2.62. The van der Waals surface area contributed by atoms with E-state index in [1.165, 1.54) is 6.07 Å².